The van der Waals surface area contributed by atoms with Gasteiger partial charge in [0.2, 0.25) is 5.91 Å². The fraction of sp³-hybridized carbons (Fsp3) is 0.500. The van der Waals surface area contributed by atoms with E-state index in [1.54, 1.807) is 35.6 Å². The molecule has 1 aromatic heterocycles. The second kappa shape index (κ2) is 21.8. The molecule has 0 radical (unpaired) electrons. The largest absolute Gasteiger partial charge is 0.520 e. The van der Waals surface area contributed by atoms with Crippen molar-refractivity contribution in [2.45, 2.75) is 44.9 Å². The second-order valence-corrected chi connectivity index (χ2v) is 12.3. The molecule has 2 fully saturated rings. The van der Waals surface area contributed by atoms with Gasteiger partial charge in [-0.2, -0.15) is 25.0 Å². The van der Waals surface area contributed by atoms with Crippen LogP contribution in [0.1, 0.15) is 60.1 Å². The molecule has 0 atom stereocenters. The Morgan fingerprint density at radius 1 is 1.06 bits per heavy atom. The number of H-pyrrole nitrogens is 1. The summed E-state index contributed by atoms with van der Waals surface area (Å²) in [4.78, 5) is 63.7. The van der Waals surface area contributed by atoms with Gasteiger partial charge in [0, 0.05) is 57.5 Å². The first-order valence-corrected chi connectivity index (χ1v) is 16.9. The van der Waals surface area contributed by atoms with Crippen LogP contribution in [0.25, 0.3) is 10.8 Å². The van der Waals surface area contributed by atoms with Crippen LogP contribution in [0.4, 0.5) is 4.39 Å². The molecule has 51 heavy (non-hydrogen) atoms. The van der Waals surface area contributed by atoms with Gasteiger partial charge in [0.05, 0.1) is 36.4 Å². The van der Waals surface area contributed by atoms with Gasteiger partial charge in [-0.3, -0.25) is 14.4 Å². The van der Waals surface area contributed by atoms with Gasteiger partial charge in [-0.1, -0.05) is 56.4 Å². The summed E-state index contributed by atoms with van der Waals surface area (Å²) in [6, 6.07) is 11.4. The predicted octanol–water partition coefficient (Wildman–Crippen LogP) is 2.81. The Bertz CT molecular complexity index is 1620. The van der Waals surface area contributed by atoms with Crippen molar-refractivity contribution in [3.05, 3.63) is 75.5 Å². The molecule has 1 aliphatic carbocycles. The summed E-state index contributed by atoms with van der Waals surface area (Å²) in [7, 11) is 1.81. The minimum absolute atomic E-state index is 0. The summed E-state index contributed by atoms with van der Waals surface area (Å²) in [5, 5.41) is 10.8. The number of nitrogens with zero attached hydrogens (tertiary/aromatic N) is 4. The van der Waals surface area contributed by atoms with E-state index in [1.165, 1.54) is 54.0 Å². The molecule has 0 spiro atoms. The predicted molar refractivity (Wildman–Crippen MR) is 194 cm³/mol. The van der Waals surface area contributed by atoms with Crippen LogP contribution in [-0.4, -0.2) is 115 Å². The van der Waals surface area contributed by atoms with Crippen LogP contribution in [0.15, 0.2) is 47.3 Å². The van der Waals surface area contributed by atoms with Crippen molar-refractivity contribution in [3.63, 3.8) is 0 Å². The van der Waals surface area contributed by atoms with Gasteiger partial charge >= 0.3 is 0 Å². The maximum atomic E-state index is 14.7. The van der Waals surface area contributed by atoms with Crippen LogP contribution in [0.5, 0.6) is 0 Å². The quantitative estimate of drug-likeness (QED) is 0.109. The van der Waals surface area contributed by atoms with Crippen molar-refractivity contribution in [1.29, 1.82) is 0 Å². The van der Waals surface area contributed by atoms with Gasteiger partial charge in [-0.05, 0) is 36.7 Å². The van der Waals surface area contributed by atoms with Gasteiger partial charge in [-0.15, -0.1) is 0 Å². The number of fused-ring (bicyclic) bond motifs is 1. The zero-order valence-electron chi connectivity index (χ0n) is 28.9. The third kappa shape index (κ3) is 12.3. The van der Waals surface area contributed by atoms with Gasteiger partial charge in [0.25, 0.3) is 11.5 Å². The molecule has 1 aliphatic heterocycles. The van der Waals surface area contributed by atoms with Crippen LogP contribution in [0.2, 0.25) is 0 Å². The van der Waals surface area contributed by atoms with Crippen LogP contribution in [-0.2, 0) is 25.5 Å². The number of aromatic amines is 1. The molecule has 2 N–H and O–H groups in total. The number of nitrogens with one attached hydrogen (secondary N) is 2. The Balaban J connectivity index is 0.000000715. The van der Waals surface area contributed by atoms with Crippen molar-refractivity contribution in [3.8, 4) is 0 Å². The molecule has 15 heteroatoms. The Morgan fingerprint density at radius 3 is 2.41 bits per heavy atom. The van der Waals surface area contributed by atoms with Crippen LogP contribution in [0.3, 0.4) is 0 Å². The molecule has 1 saturated carbocycles. The molecule has 2 aliphatic rings. The summed E-state index contributed by atoms with van der Waals surface area (Å²) in [6.45, 7) is 2.60. The number of piperazine rings is 1. The Morgan fingerprint density at radius 2 is 1.75 bits per heavy atom. The first-order valence-electron chi connectivity index (χ1n) is 16.9. The molecule has 2 aromatic carbocycles. The monoisotopic (exact) mass is 968 g/mol. The molecule has 12 nitrogen and oxygen atoms in total. The number of hydrogen-bond donors (Lipinski definition) is 2. The zero-order chi connectivity index (χ0) is 35.0. The number of likely N-dealkylation sites (N-methyl/N-ethyl adjacent to an activating group) is 1. The summed E-state index contributed by atoms with van der Waals surface area (Å²) in [5.74, 6) is -0.622. The van der Waals surface area contributed by atoms with E-state index in [1.807, 2.05) is 13.1 Å². The van der Waals surface area contributed by atoms with Gasteiger partial charge < -0.3 is 34.3 Å². The van der Waals surface area contributed by atoms with Crippen LogP contribution >= 0.6 is 13.5 Å². The van der Waals surface area contributed by atoms with E-state index in [4.69, 9.17) is 4.74 Å². The third-order valence-corrected chi connectivity index (χ3v) is 8.94. The number of benzene rings is 2. The molecule has 3 amide bonds. The van der Waals surface area contributed by atoms with E-state index < -0.39 is 11.7 Å². The second-order valence-electron chi connectivity index (χ2n) is 12.3. The van der Waals surface area contributed by atoms with E-state index in [9.17, 15) is 28.4 Å². The zero-order valence-corrected chi connectivity index (χ0v) is 32.3. The topological polar surface area (TPSA) is 145 Å². The number of hydrogen-bond acceptors (Lipinski definition) is 8. The Hall–Kier alpha value is -5.14. The fourth-order valence-corrected chi connectivity index (χ4v) is 6.11. The van der Waals surface area contributed by atoms with E-state index in [0.29, 0.717) is 48.2 Å². The molecule has 3 aromatic rings. The summed E-state index contributed by atoms with van der Waals surface area (Å²) >= 11 is 0. The number of rotatable bonds is 14. The maximum absolute atomic E-state index is 14.7. The molecule has 284 valence electrons. The number of amides is 3. The Labute approximate surface area is 299 Å². The molecule has 1 saturated heterocycles. The molecule has 0 unspecified atom stereocenters. The van der Waals surface area contributed by atoms with Crippen molar-refractivity contribution >= 4 is 48.8 Å². The van der Waals surface area contributed by atoms with Gasteiger partial charge in [0.15, 0.2) is 0 Å². The van der Waals surface area contributed by atoms with Crippen molar-refractivity contribution in [2.75, 3.05) is 66.1 Å². The number of aromatic nitrogens is 2. The summed E-state index contributed by atoms with van der Waals surface area (Å²) < 4.78 is 20.1. The number of ether oxygens (including phenoxy) is 1. The number of halogens is 1. The Kier molecular flexibility index (Phi) is 18.0. The maximum Gasteiger partial charge on any atom is 0.272 e. The van der Waals surface area contributed by atoms with Gasteiger partial charge in [0.1, 0.15) is 12.1 Å². The average molecular weight is 969 g/mol. The normalized spacial score (nSPS) is 14.4. The first-order chi connectivity index (χ1) is 23.8. The molecular formula is C36H48FFmN6O6S-. The minimum atomic E-state index is -0.638. The van der Waals surface area contributed by atoms with Crippen LogP contribution < -0.4 is 10.9 Å². The SMILES string of the molecule is CNCCOCCN([C-]=O)CC(=O)N1CCN(C(=O)c2cc(Cc3n[nH]c(=O)c4ccccc34)ccc2F)CC1.O=CCC1CCCCC1.S.[Fm]. The van der Waals surface area contributed by atoms with E-state index in [0.717, 1.165) is 18.6 Å². The fourth-order valence-electron chi connectivity index (χ4n) is 6.11. The van der Waals surface area contributed by atoms with E-state index >= 15 is 0 Å². The van der Waals surface area contributed by atoms with Gasteiger partial charge in [-0.25, -0.2) is 9.49 Å². The third-order valence-electron chi connectivity index (χ3n) is 8.94. The van der Waals surface area contributed by atoms with E-state index in [-0.39, 0.29) is 69.8 Å². The van der Waals surface area contributed by atoms with E-state index in [2.05, 4.69) is 15.5 Å². The first kappa shape index (κ1) is 42.0. The van der Waals surface area contributed by atoms with Crippen LogP contribution in [0, 0.1) is 11.7 Å². The number of aldehydes is 1. The molecule has 0 bridgehead atoms. The minimum Gasteiger partial charge on any atom is -0.520 e. The summed E-state index contributed by atoms with van der Waals surface area (Å²) in [5.41, 5.74) is 0.922. The van der Waals surface area contributed by atoms with Crippen molar-refractivity contribution < 1.29 is 28.3 Å². The smallest absolute Gasteiger partial charge is 0.272 e. The number of carbonyl (C=O) groups excluding carboxylic acids is 4. The summed E-state index contributed by atoms with van der Waals surface area (Å²) in [6.07, 6.45) is 10.6. The molecule has 5 rings (SSSR count). The van der Waals surface area contributed by atoms with Crippen molar-refractivity contribution in [1.82, 2.24) is 30.2 Å². The molecular weight excluding hydrogens is 920 g/mol. The standard InChI is InChI=1S/C28H32FN6O5.C8H14O.Fm.H2S/c1-30-8-14-40-15-13-33(19-36)18-26(37)34-9-11-35(12-10-34)28(39)23-16-20(6-7-24(23)29)17-25-21-4-2-3-5-22(21)27(38)32-31-25;9-7-6-8-4-2-1-3-5-8;;/h2-7,16,30H,8-15,17-18H2,1H3,(H,32,38);7-8H,1-6H2;;1H2/q-1;;;. The number of carbonyl (C=O) groups is 3. The molecule has 2 heterocycles. The van der Waals surface area contributed by atoms with Crippen molar-refractivity contribution in [2.24, 2.45) is 5.92 Å². The average Bonchev–Trinajstić information content (AvgIpc) is 3.13.